The second-order valence-corrected chi connectivity index (χ2v) is 5.93. The Morgan fingerprint density at radius 2 is 2.28 bits per heavy atom. The molecule has 1 aliphatic rings. The van der Waals surface area contributed by atoms with Gasteiger partial charge in [0.1, 0.15) is 0 Å². The summed E-state index contributed by atoms with van der Waals surface area (Å²) in [5, 5.41) is 0.869. The minimum Gasteiger partial charge on any atom is -0.342 e. The highest BCUT2D eigenvalue weighted by molar-refractivity contribution is 6.30. The zero-order valence-electron chi connectivity index (χ0n) is 10.4. The van der Waals surface area contributed by atoms with Crippen LogP contribution in [0.4, 0.5) is 0 Å². The smallest absolute Gasteiger partial charge is 0.227 e. The van der Waals surface area contributed by atoms with Crippen molar-refractivity contribution in [2.75, 3.05) is 13.1 Å². The maximum atomic E-state index is 12.2. The minimum atomic E-state index is 0.160. The van der Waals surface area contributed by atoms with Crippen LogP contribution in [0.1, 0.15) is 18.9 Å². The first-order valence-electron chi connectivity index (χ1n) is 6.22. The summed E-state index contributed by atoms with van der Waals surface area (Å²) in [4.78, 5) is 14.1. The van der Waals surface area contributed by atoms with Crippen LogP contribution in [0.3, 0.4) is 0 Å². The Bertz CT molecular complexity index is 436. The molecule has 98 valence electrons. The predicted octanol–water partition coefficient (Wildman–Crippen LogP) is 3.36. The molecule has 1 amide bonds. The van der Waals surface area contributed by atoms with E-state index in [0.29, 0.717) is 17.4 Å². The van der Waals surface area contributed by atoms with E-state index in [4.69, 9.17) is 23.2 Å². The van der Waals surface area contributed by atoms with Gasteiger partial charge in [-0.05, 0) is 30.0 Å². The number of amides is 1. The van der Waals surface area contributed by atoms with Crippen molar-refractivity contribution in [2.45, 2.75) is 25.1 Å². The van der Waals surface area contributed by atoms with E-state index in [1.54, 1.807) is 0 Å². The molecule has 0 saturated carbocycles. The summed E-state index contributed by atoms with van der Waals surface area (Å²) in [6, 6.07) is 7.47. The molecule has 0 N–H and O–H groups in total. The normalized spacial score (nSPS) is 24.1. The zero-order chi connectivity index (χ0) is 13.1. The molecule has 2 atom stereocenters. The van der Waals surface area contributed by atoms with Crippen LogP contribution in [-0.4, -0.2) is 29.3 Å². The van der Waals surface area contributed by atoms with Crippen LogP contribution in [0.25, 0.3) is 0 Å². The standard InChI is InChI=1S/C14H17Cl2NO/c1-10-9-17(6-5-13(10)16)14(18)8-11-3-2-4-12(15)7-11/h2-4,7,10,13H,5-6,8-9H2,1H3. The van der Waals surface area contributed by atoms with Crippen LogP contribution in [0.15, 0.2) is 24.3 Å². The molecule has 2 unspecified atom stereocenters. The highest BCUT2D eigenvalue weighted by atomic mass is 35.5. The van der Waals surface area contributed by atoms with Gasteiger partial charge in [0.05, 0.1) is 6.42 Å². The average Bonchev–Trinajstić information content (AvgIpc) is 2.32. The Hall–Kier alpha value is -0.730. The van der Waals surface area contributed by atoms with Crippen molar-refractivity contribution in [3.63, 3.8) is 0 Å². The van der Waals surface area contributed by atoms with Gasteiger partial charge < -0.3 is 4.90 Å². The zero-order valence-corrected chi connectivity index (χ0v) is 11.9. The fraction of sp³-hybridized carbons (Fsp3) is 0.500. The van der Waals surface area contributed by atoms with Crippen LogP contribution in [-0.2, 0) is 11.2 Å². The summed E-state index contributed by atoms with van der Waals surface area (Å²) in [6.07, 6.45) is 1.30. The molecule has 1 saturated heterocycles. The minimum absolute atomic E-state index is 0.160. The molecule has 4 heteroatoms. The summed E-state index contributed by atoms with van der Waals surface area (Å²) in [6.45, 7) is 3.61. The quantitative estimate of drug-likeness (QED) is 0.763. The number of alkyl halides is 1. The third-order valence-corrected chi connectivity index (χ3v) is 4.28. The van der Waals surface area contributed by atoms with Crippen LogP contribution >= 0.6 is 23.2 Å². The maximum absolute atomic E-state index is 12.2. The Kier molecular flexibility index (Phi) is 4.52. The van der Waals surface area contributed by atoms with Crippen molar-refractivity contribution in [3.8, 4) is 0 Å². The van der Waals surface area contributed by atoms with Crippen LogP contribution < -0.4 is 0 Å². The number of likely N-dealkylation sites (tertiary alicyclic amines) is 1. The summed E-state index contributed by atoms with van der Waals surface area (Å²) in [7, 11) is 0. The highest BCUT2D eigenvalue weighted by Crippen LogP contribution is 2.22. The lowest BCUT2D eigenvalue weighted by atomic mass is 9.99. The maximum Gasteiger partial charge on any atom is 0.227 e. The molecular weight excluding hydrogens is 269 g/mol. The van der Waals surface area contributed by atoms with Crippen molar-refractivity contribution in [1.82, 2.24) is 4.90 Å². The summed E-state index contributed by atoms with van der Waals surface area (Å²) < 4.78 is 0. The number of carbonyl (C=O) groups is 1. The number of benzene rings is 1. The monoisotopic (exact) mass is 285 g/mol. The second kappa shape index (κ2) is 5.94. The van der Waals surface area contributed by atoms with E-state index in [2.05, 4.69) is 6.92 Å². The number of halogens is 2. The first kappa shape index (κ1) is 13.7. The first-order chi connectivity index (χ1) is 8.56. The van der Waals surface area contributed by atoms with Crippen molar-refractivity contribution in [2.24, 2.45) is 5.92 Å². The Labute approximate surface area is 118 Å². The van der Waals surface area contributed by atoms with Gasteiger partial charge in [0.2, 0.25) is 5.91 Å². The molecule has 0 spiro atoms. The van der Waals surface area contributed by atoms with Gasteiger partial charge in [-0.1, -0.05) is 30.7 Å². The van der Waals surface area contributed by atoms with Gasteiger partial charge in [-0.2, -0.15) is 0 Å². The van der Waals surface area contributed by atoms with Gasteiger partial charge in [0.25, 0.3) is 0 Å². The lowest BCUT2D eigenvalue weighted by molar-refractivity contribution is -0.132. The summed E-state index contributed by atoms with van der Waals surface area (Å²) in [5.74, 6) is 0.524. The van der Waals surface area contributed by atoms with E-state index in [1.807, 2.05) is 29.2 Å². The summed E-state index contributed by atoms with van der Waals surface area (Å²) >= 11 is 12.1. The number of rotatable bonds is 2. The first-order valence-corrected chi connectivity index (χ1v) is 7.04. The topological polar surface area (TPSA) is 20.3 Å². The Morgan fingerprint density at radius 3 is 2.94 bits per heavy atom. The fourth-order valence-electron chi connectivity index (χ4n) is 2.28. The molecule has 1 aliphatic heterocycles. The van der Waals surface area contributed by atoms with E-state index in [1.165, 1.54) is 0 Å². The number of carbonyl (C=O) groups excluding carboxylic acids is 1. The molecule has 2 nitrogen and oxygen atoms in total. The lowest BCUT2D eigenvalue weighted by Crippen LogP contribution is -2.44. The van der Waals surface area contributed by atoms with E-state index in [0.717, 1.165) is 25.1 Å². The highest BCUT2D eigenvalue weighted by Gasteiger charge is 2.26. The van der Waals surface area contributed by atoms with Crippen molar-refractivity contribution in [3.05, 3.63) is 34.9 Å². The number of hydrogen-bond donors (Lipinski definition) is 0. The van der Waals surface area contributed by atoms with E-state index in [-0.39, 0.29) is 11.3 Å². The number of hydrogen-bond acceptors (Lipinski definition) is 1. The number of nitrogens with zero attached hydrogens (tertiary/aromatic N) is 1. The molecule has 0 radical (unpaired) electrons. The van der Waals surface area contributed by atoms with Crippen LogP contribution in [0.5, 0.6) is 0 Å². The largest absolute Gasteiger partial charge is 0.342 e. The fourth-order valence-corrected chi connectivity index (χ4v) is 2.67. The third kappa shape index (κ3) is 3.39. The Balaban J connectivity index is 1.96. The molecule has 1 fully saturated rings. The van der Waals surface area contributed by atoms with Gasteiger partial charge in [-0.15, -0.1) is 11.6 Å². The predicted molar refractivity (Wildman–Crippen MR) is 75.2 cm³/mol. The molecule has 1 aromatic carbocycles. The Morgan fingerprint density at radius 1 is 1.50 bits per heavy atom. The molecule has 0 aromatic heterocycles. The van der Waals surface area contributed by atoms with Crippen LogP contribution in [0.2, 0.25) is 5.02 Å². The SMILES string of the molecule is CC1CN(C(=O)Cc2cccc(Cl)c2)CCC1Cl. The molecule has 2 rings (SSSR count). The average molecular weight is 286 g/mol. The number of piperidine rings is 1. The molecule has 1 aromatic rings. The molecule has 0 bridgehead atoms. The van der Waals surface area contributed by atoms with Crippen molar-refractivity contribution >= 4 is 29.1 Å². The van der Waals surface area contributed by atoms with Crippen molar-refractivity contribution < 1.29 is 4.79 Å². The van der Waals surface area contributed by atoms with Gasteiger partial charge in [-0.25, -0.2) is 0 Å². The molecule has 0 aliphatic carbocycles. The van der Waals surface area contributed by atoms with Crippen LogP contribution in [0, 0.1) is 5.92 Å². The molecular formula is C14H17Cl2NO. The second-order valence-electron chi connectivity index (χ2n) is 4.93. The van der Waals surface area contributed by atoms with E-state index < -0.39 is 0 Å². The van der Waals surface area contributed by atoms with Gasteiger partial charge >= 0.3 is 0 Å². The summed E-state index contributed by atoms with van der Waals surface area (Å²) in [5.41, 5.74) is 0.966. The van der Waals surface area contributed by atoms with Crippen molar-refractivity contribution in [1.29, 1.82) is 0 Å². The van der Waals surface area contributed by atoms with Gasteiger partial charge in [0.15, 0.2) is 0 Å². The van der Waals surface area contributed by atoms with E-state index >= 15 is 0 Å². The lowest BCUT2D eigenvalue weighted by Gasteiger charge is -2.34. The van der Waals surface area contributed by atoms with Gasteiger partial charge in [0, 0.05) is 23.5 Å². The molecule has 1 heterocycles. The molecule has 18 heavy (non-hydrogen) atoms. The van der Waals surface area contributed by atoms with E-state index in [9.17, 15) is 4.79 Å². The van der Waals surface area contributed by atoms with Gasteiger partial charge in [-0.3, -0.25) is 4.79 Å². The third-order valence-electron chi connectivity index (χ3n) is 3.40.